The maximum atomic E-state index is 13.2. The Labute approximate surface area is 171 Å². The normalized spacial score (nSPS) is 15.6. The van der Waals surface area contributed by atoms with Crippen molar-refractivity contribution in [1.82, 2.24) is 4.90 Å². The summed E-state index contributed by atoms with van der Waals surface area (Å²) >= 11 is 0. The summed E-state index contributed by atoms with van der Waals surface area (Å²) in [5.41, 5.74) is 4.93. The van der Waals surface area contributed by atoms with Gasteiger partial charge in [-0.2, -0.15) is 0 Å². The molecule has 0 spiro atoms. The molecule has 2 aromatic rings. The molecule has 1 amide bonds. The van der Waals surface area contributed by atoms with Crippen LogP contribution < -0.4 is 9.47 Å². The summed E-state index contributed by atoms with van der Waals surface area (Å²) in [5, 5.41) is 9.49. The minimum Gasteiger partial charge on any atom is -0.493 e. The van der Waals surface area contributed by atoms with Crippen LogP contribution in [-0.4, -0.2) is 42.6 Å². The number of ether oxygens (including phenoxy) is 2. The Hall–Kier alpha value is -3.02. The number of aryl methyl sites for hydroxylation is 2. The minimum absolute atomic E-state index is 0.0645. The maximum absolute atomic E-state index is 13.2. The number of benzene rings is 2. The SMILES string of the molecule is COc1cc2c(cc1OC)C(CC(=O)O)N(C(=O)Cc1cc(C)ccc1C)CC2. The smallest absolute Gasteiger partial charge is 0.305 e. The molecule has 0 saturated heterocycles. The molecule has 0 fully saturated rings. The second-order valence-corrected chi connectivity index (χ2v) is 7.46. The molecule has 2 aromatic carbocycles. The average molecular weight is 397 g/mol. The van der Waals surface area contributed by atoms with Crippen LogP contribution in [0.5, 0.6) is 11.5 Å². The highest BCUT2D eigenvalue weighted by Gasteiger charge is 2.33. The number of carboxylic acids is 1. The molecule has 1 unspecified atom stereocenters. The summed E-state index contributed by atoms with van der Waals surface area (Å²) in [7, 11) is 3.12. The first-order valence-corrected chi connectivity index (χ1v) is 9.66. The number of carbonyl (C=O) groups excluding carboxylic acids is 1. The van der Waals surface area contributed by atoms with E-state index >= 15 is 0 Å². The molecule has 1 atom stereocenters. The van der Waals surface area contributed by atoms with Crippen molar-refractivity contribution in [2.24, 2.45) is 0 Å². The molecule has 1 aliphatic heterocycles. The summed E-state index contributed by atoms with van der Waals surface area (Å²) in [6, 6.07) is 9.21. The van der Waals surface area contributed by atoms with Crippen molar-refractivity contribution in [2.45, 2.75) is 39.2 Å². The first-order chi connectivity index (χ1) is 13.8. The fourth-order valence-electron chi connectivity index (χ4n) is 3.97. The van der Waals surface area contributed by atoms with Gasteiger partial charge >= 0.3 is 5.97 Å². The summed E-state index contributed by atoms with van der Waals surface area (Å²) in [4.78, 5) is 26.5. The van der Waals surface area contributed by atoms with Crippen LogP contribution in [0.3, 0.4) is 0 Å². The van der Waals surface area contributed by atoms with E-state index in [0.717, 1.165) is 27.8 Å². The van der Waals surface area contributed by atoms with E-state index in [9.17, 15) is 14.7 Å². The predicted molar refractivity (Wildman–Crippen MR) is 110 cm³/mol. The fourth-order valence-corrected chi connectivity index (χ4v) is 3.97. The van der Waals surface area contributed by atoms with E-state index in [1.54, 1.807) is 25.2 Å². The van der Waals surface area contributed by atoms with E-state index in [1.807, 2.05) is 38.1 Å². The molecule has 29 heavy (non-hydrogen) atoms. The molecule has 3 rings (SSSR count). The Morgan fingerprint density at radius 3 is 2.45 bits per heavy atom. The van der Waals surface area contributed by atoms with E-state index in [4.69, 9.17) is 9.47 Å². The average Bonchev–Trinajstić information content (AvgIpc) is 2.69. The van der Waals surface area contributed by atoms with Gasteiger partial charge in [-0.25, -0.2) is 0 Å². The summed E-state index contributed by atoms with van der Waals surface area (Å²) < 4.78 is 10.8. The Morgan fingerprint density at radius 2 is 1.79 bits per heavy atom. The maximum Gasteiger partial charge on any atom is 0.305 e. The highest BCUT2D eigenvalue weighted by Crippen LogP contribution is 2.39. The Balaban J connectivity index is 1.96. The van der Waals surface area contributed by atoms with Crippen LogP contribution in [0.25, 0.3) is 0 Å². The van der Waals surface area contributed by atoms with Crippen LogP contribution in [0.1, 0.15) is 40.3 Å². The predicted octanol–water partition coefficient (Wildman–Crippen LogP) is 3.46. The van der Waals surface area contributed by atoms with Crippen LogP contribution in [0.4, 0.5) is 0 Å². The number of hydrogen-bond donors (Lipinski definition) is 1. The van der Waals surface area contributed by atoms with Crippen LogP contribution in [-0.2, 0) is 22.4 Å². The fraction of sp³-hybridized carbons (Fsp3) is 0.391. The molecule has 6 heteroatoms. The van der Waals surface area contributed by atoms with Gasteiger partial charge in [-0.1, -0.05) is 23.8 Å². The molecular formula is C23H27NO5. The second kappa shape index (κ2) is 8.55. The lowest BCUT2D eigenvalue weighted by Crippen LogP contribution is -2.41. The van der Waals surface area contributed by atoms with Crippen molar-refractivity contribution in [2.75, 3.05) is 20.8 Å². The highest BCUT2D eigenvalue weighted by molar-refractivity contribution is 5.81. The van der Waals surface area contributed by atoms with Gasteiger partial charge in [0.15, 0.2) is 11.5 Å². The van der Waals surface area contributed by atoms with E-state index in [0.29, 0.717) is 24.5 Å². The van der Waals surface area contributed by atoms with Gasteiger partial charge in [-0.05, 0) is 54.7 Å². The van der Waals surface area contributed by atoms with Gasteiger partial charge in [0.2, 0.25) is 5.91 Å². The van der Waals surface area contributed by atoms with Gasteiger partial charge in [0, 0.05) is 6.54 Å². The summed E-state index contributed by atoms with van der Waals surface area (Å²) in [5.74, 6) is 0.133. The van der Waals surface area contributed by atoms with Crippen LogP contribution in [0, 0.1) is 13.8 Å². The molecule has 1 heterocycles. The number of amides is 1. The van der Waals surface area contributed by atoms with Crippen molar-refractivity contribution in [3.8, 4) is 11.5 Å². The number of carboxylic acid groups (broad SMARTS) is 1. The number of hydrogen-bond acceptors (Lipinski definition) is 4. The Kier molecular flexibility index (Phi) is 6.11. The van der Waals surface area contributed by atoms with Gasteiger partial charge in [-0.15, -0.1) is 0 Å². The quantitative estimate of drug-likeness (QED) is 0.808. The molecule has 0 radical (unpaired) electrons. The third-order valence-electron chi connectivity index (χ3n) is 5.54. The van der Waals surface area contributed by atoms with Crippen LogP contribution in [0.15, 0.2) is 30.3 Å². The lowest BCUT2D eigenvalue weighted by atomic mass is 9.89. The molecule has 0 bridgehead atoms. The molecular weight excluding hydrogens is 370 g/mol. The highest BCUT2D eigenvalue weighted by atomic mass is 16.5. The molecule has 6 nitrogen and oxygen atoms in total. The van der Waals surface area contributed by atoms with Gasteiger partial charge in [0.1, 0.15) is 0 Å². The van der Waals surface area contributed by atoms with Crippen molar-refractivity contribution in [1.29, 1.82) is 0 Å². The summed E-state index contributed by atoms with van der Waals surface area (Å²) in [6.07, 6.45) is 0.748. The molecule has 0 saturated carbocycles. The van der Waals surface area contributed by atoms with Crippen molar-refractivity contribution in [3.05, 3.63) is 58.1 Å². The van der Waals surface area contributed by atoms with E-state index in [2.05, 4.69) is 0 Å². The molecule has 154 valence electrons. The lowest BCUT2D eigenvalue weighted by Gasteiger charge is -2.37. The molecule has 1 aliphatic rings. The van der Waals surface area contributed by atoms with E-state index < -0.39 is 12.0 Å². The molecule has 0 aliphatic carbocycles. The van der Waals surface area contributed by atoms with Crippen molar-refractivity contribution >= 4 is 11.9 Å². The van der Waals surface area contributed by atoms with Crippen LogP contribution >= 0.6 is 0 Å². The topological polar surface area (TPSA) is 76.1 Å². The number of rotatable bonds is 6. The van der Waals surface area contributed by atoms with Crippen molar-refractivity contribution in [3.63, 3.8) is 0 Å². The monoisotopic (exact) mass is 397 g/mol. The third-order valence-corrected chi connectivity index (χ3v) is 5.54. The zero-order valence-electron chi connectivity index (χ0n) is 17.3. The zero-order valence-corrected chi connectivity index (χ0v) is 17.3. The third kappa shape index (κ3) is 4.36. The number of nitrogens with zero attached hydrogens (tertiary/aromatic N) is 1. The largest absolute Gasteiger partial charge is 0.493 e. The van der Waals surface area contributed by atoms with E-state index in [1.165, 1.54) is 0 Å². The van der Waals surface area contributed by atoms with Gasteiger partial charge in [0.05, 0.1) is 33.1 Å². The van der Waals surface area contributed by atoms with E-state index in [-0.39, 0.29) is 18.7 Å². The van der Waals surface area contributed by atoms with Crippen molar-refractivity contribution < 1.29 is 24.2 Å². The number of methoxy groups -OCH3 is 2. The Bertz CT molecular complexity index is 937. The van der Waals surface area contributed by atoms with Gasteiger partial charge in [-0.3, -0.25) is 9.59 Å². The minimum atomic E-state index is -0.942. The first-order valence-electron chi connectivity index (χ1n) is 9.66. The second-order valence-electron chi connectivity index (χ2n) is 7.46. The number of fused-ring (bicyclic) bond motifs is 1. The summed E-state index contributed by atoms with van der Waals surface area (Å²) in [6.45, 7) is 4.46. The van der Waals surface area contributed by atoms with Gasteiger partial charge in [0.25, 0.3) is 0 Å². The molecule has 1 N–H and O–H groups in total. The zero-order chi connectivity index (χ0) is 21.1. The Morgan fingerprint density at radius 1 is 1.10 bits per heavy atom. The van der Waals surface area contributed by atoms with Gasteiger partial charge < -0.3 is 19.5 Å². The number of aliphatic carboxylic acids is 1. The number of carbonyl (C=O) groups is 2. The lowest BCUT2D eigenvalue weighted by molar-refractivity contribution is -0.141. The van der Waals surface area contributed by atoms with Crippen LogP contribution in [0.2, 0.25) is 0 Å². The first kappa shape index (κ1) is 20.7. The standard InChI is InChI=1S/C23H27NO5/c1-14-5-6-15(2)17(9-14)11-22(25)24-8-7-16-10-20(28-3)21(29-4)12-18(16)19(24)13-23(26)27/h5-6,9-10,12,19H,7-8,11,13H2,1-4H3,(H,26,27). The molecule has 0 aromatic heterocycles.